The minimum Gasteiger partial charge on any atom is -0.465 e. The molecule has 33 heavy (non-hydrogen) atoms. The second-order valence-corrected chi connectivity index (χ2v) is 9.72. The number of benzene rings is 1. The highest BCUT2D eigenvalue weighted by molar-refractivity contribution is 5.89. The van der Waals surface area contributed by atoms with Crippen molar-refractivity contribution in [2.45, 2.75) is 76.4 Å². The molecule has 1 saturated carbocycles. The molecule has 180 valence electrons. The number of piperidine rings is 1. The van der Waals surface area contributed by atoms with Gasteiger partial charge in [-0.25, -0.2) is 0 Å². The molecule has 1 atom stereocenters. The molecule has 3 fully saturated rings. The minimum absolute atomic E-state index is 0.0550. The van der Waals surface area contributed by atoms with Crippen LogP contribution in [0.1, 0.15) is 63.9 Å². The first-order valence-corrected chi connectivity index (χ1v) is 12.6. The summed E-state index contributed by atoms with van der Waals surface area (Å²) >= 11 is 0. The third-order valence-electron chi connectivity index (χ3n) is 7.58. The maximum atomic E-state index is 13.4. The van der Waals surface area contributed by atoms with E-state index in [9.17, 15) is 14.4 Å². The van der Waals surface area contributed by atoms with Gasteiger partial charge < -0.3 is 14.5 Å². The lowest BCUT2D eigenvalue weighted by Gasteiger charge is -2.44. The standard InChI is InChI=1S/C26H37N3O4/c1-2-33-24(31)19-29-25(32)22(18-21-10-4-3-5-11-21)27-26(29)14-16-28(17-15-26)23(30)13-12-20-8-6-7-9-20/h3-5,10-11,20,22,27H,2,6-9,12-19H2,1H3. The zero-order valence-corrected chi connectivity index (χ0v) is 19.8. The van der Waals surface area contributed by atoms with Crippen molar-refractivity contribution in [1.82, 2.24) is 15.1 Å². The van der Waals surface area contributed by atoms with Crippen molar-refractivity contribution in [3.63, 3.8) is 0 Å². The highest BCUT2D eigenvalue weighted by Crippen LogP contribution is 2.34. The summed E-state index contributed by atoms with van der Waals surface area (Å²) in [7, 11) is 0. The molecule has 1 spiro atoms. The van der Waals surface area contributed by atoms with Gasteiger partial charge in [-0.05, 0) is 31.2 Å². The van der Waals surface area contributed by atoms with E-state index in [-0.39, 0.29) is 37.0 Å². The monoisotopic (exact) mass is 455 g/mol. The average molecular weight is 456 g/mol. The summed E-state index contributed by atoms with van der Waals surface area (Å²) in [5, 5.41) is 3.57. The number of nitrogens with zero attached hydrogens (tertiary/aromatic N) is 2. The van der Waals surface area contributed by atoms with Crippen LogP contribution in [0.3, 0.4) is 0 Å². The first-order chi connectivity index (χ1) is 16.0. The zero-order chi connectivity index (χ0) is 23.3. The molecule has 1 aromatic rings. The number of rotatable bonds is 8. The second-order valence-electron chi connectivity index (χ2n) is 9.72. The third-order valence-corrected chi connectivity index (χ3v) is 7.58. The van der Waals surface area contributed by atoms with Gasteiger partial charge in [0.1, 0.15) is 6.54 Å². The van der Waals surface area contributed by atoms with Gasteiger partial charge in [-0.3, -0.25) is 19.7 Å². The molecule has 2 heterocycles. The summed E-state index contributed by atoms with van der Waals surface area (Å²) in [6, 6.07) is 9.54. The summed E-state index contributed by atoms with van der Waals surface area (Å²) in [6.07, 6.45) is 8.54. The molecule has 4 rings (SSSR count). The maximum Gasteiger partial charge on any atom is 0.325 e. The molecule has 2 saturated heterocycles. The number of hydrogen-bond acceptors (Lipinski definition) is 5. The molecule has 2 aliphatic heterocycles. The Balaban J connectivity index is 1.41. The van der Waals surface area contributed by atoms with Crippen LogP contribution < -0.4 is 5.32 Å². The van der Waals surface area contributed by atoms with Crippen LogP contribution >= 0.6 is 0 Å². The number of amides is 2. The molecule has 0 radical (unpaired) electrons. The number of hydrogen-bond donors (Lipinski definition) is 1. The molecule has 7 heteroatoms. The normalized spacial score (nSPS) is 22.8. The van der Waals surface area contributed by atoms with Crippen LogP contribution in [0.4, 0.5) is 0 Å². The fraction of sp³-hybridized carbons (Fsp3) is 0.654. The lowest BCUT2D eigenvalue weighted by atomic mass is 9.94. The van der Waals surface area contributed by atoms with E-state index in [1.165, 1.54) is 25.7 Å². The van der Waals surface area contributed by atoms with E-state index in [1.54, 1.807) is 11.8 Å². The van der Waals surface area contributed by atoms with Crippen LogP contribution in [0.25, 0.3) is 0 Å². The smallest absolute Gasteiger partial charge is 0.325 e. The summed E-state index contributed by atoms with van der Waals surface area (Å²) < 4.78 is 5.15. The van der Waals surface area contributed by atoms with E-state index in [4.69, 9.17) is 4.74 Å². The van der Waals surface area contributed by atoms with Crippen molar-refractivity contribution in [1.29, 1.82) is 0 Å². The maximum absolute atomic E-state index is 13.4. The van der Waals surface area contributed by atoms with E-state index in [0.29, 0.717) is 44.7 Å². The van der Waals surface area contributed by atoms with Gasteiger partial charge >= 0.3 is 5.97 Å². The van der Waals surface area contributed by atoms with Crippen molar-refractivity contribution in [2.24, 2.45) is 5.92 Å². The largest absolute Gasteiger partial charge is 0.465 e. The van der Waals surface area contributed by atoms with Crippen LogP contribution in [0.2, 0.25) is 0 Å². The molecule has 1 aliphatic carbocycles. The number of carbonyl (C=O) groups excluding carboxylic acids is 3. The molecular weight excluding hydrogens is 418 g/mol. The zero-order valence-electron chi connectivity index (χ0n) is 19.8. The molecule has 0 aromatic heterocycles. The van der Waals surface area contributed by atoms with Crippen LogP contribution in [-0.4, -0.2) is 65.5 Å². The number of likely N-dealkylation sites (tertiary alicyclic amines) is 1. The number of ether oxygens (including phenoxy) is 1. The Kier molecular flexibility index (Phi) is 7.68. The molecular formula is C26H37N3O4. The van der Waals surface area contributed by atoms with E-state index in [0.717, 1.165) is 12.0 Å². The molecule has 7 nitrogen and oxygen atoms in total. The highest BCUT2D eigenvalue weighted by Gasteiger charge is 2.52. The number of esters is 1. The fourth-order valence-corrected chi connectivity index (χ4v) is 5.74. The van der Waals surface area contributed by atoms with Crippen molar-refractivity contribution in [3.05, 3.63) is 35.9 Å². The predicted molar refractivity (Wildman–Crippen MR) is 125 cm³/mol. The minimum atomic E-state index is -0.606. The first-order valence-electron chi connectivity index (χ1n) is 12.6. The molecule has 1 unspecified atom stereocenters. The molecule has 2 amide bonds. The van der Waals surface area contributed by atoms with Crippen molar-refractivity contribution >= 4 is 17.8 Å². The van der Waals surface area contributed by atoms with E-state index in [1.807, 2.05) is 35.2 Å². The van der Waals surface area contributed by atoms with Crippen LogP contribution in [0.15, 0.2) is 30.3 Å². The summed E-state index contributed by atoms with van der Waals surface area (Å²) in [4.78, 5) is 42.1. The van der Waals surface area contributed by atoms with Crippen LogP contribution in [-0.2, 0) is 25.5 Å². The topological polar surface area (TPSA) is 79.0 Å². The Morgan fingerprint density at radius 2 is 1.82 bits per heavy atom. The SMILES string of the molecule is CCOC(=O)CN1C(=O)C(Cc2ccccc2)NC12CCN(C(=O)CCC1CCCC1)CC2. The predicted octanol–water partition coefficient (Wildman–Crippen LogP) is 2.88. The Labute approximate surface area is 196 Å². The lowest BCUT2D eigenvalue weighted by Crippen LogP contribution is -2.60. The highest BCUT2D eigenvalue weighted by atomic mass is 16.5. The van der Waals surface area contributed by atoms with E-state index in [2.05, 4.69) is 5.32 Å². The molecule has 3 aliphatic rings. The van der Waals surface area contributed by atoms with Crippen LogP contribution in [0.5, 0.6) is 0 Å². The van der Waals surface area contributed by atoms with E-state index < -0.39 is 5.66 Å². The second kappa shape index (κ2) is 10.7. The average Bonchev–Trinajstić information content (AvgIpc) is 3.42. The van der Waals surface area contributed by atoms with Crippen LogP contribution in [0, 0.1) is 5.92 Å². The Hall–Kier alpha value is -2.41. The first kappa shape index (κ1) is 23.7. The van der Waals surface area contributed by atoms with Crippen molar-refractivity contribution in [2.75, 3.05) is 26.2 Å². The lowest BCUT2D eigenvalue weighted by molar-refractivity contribution is -0.152. The van der Waals surface area contributed by atoms with Gasteiger partial charge in [0.15, 0.2) is 0 Å². The number of carbonyl (C=O) groups is 3. The van der Waals surface area contributed by atoms with Gasteiger partial charge in [0.05, 0.1) is 18.3 Å². The Bertz CT molecular complexity index is 829. The van der Waals surface area contributed by atoms with Gasteiger partial charge in [-0.2, -0.15) is 0 Å². The van der Waals surface area contributed by atoms with Crippen molar-refractivity contribution < 1.29 is 19.1 Å². The quantitative estimate of drug-likeness (QED) is 0.610. The summed E-state index contributed by atoms with van der Waals surface area (Å²) in [5.74, 6) is 0.479. The van der Waals surface area contributed by atoms with Gasteiger partial charge in [0.25, 0.3) is 0 Å². The molecule has 0 bridgehead atoms. The summed E-state index contributed by atoms with van der Waals surface area (Å²) in [5.41, 5.74) is 0.474. The van der Waals surface area contributed by atoms with Gasteiger partial charge in [0.2, 0.25) is 11.8 Å². The fourth-order valence-electron chi connectivity index (χ4n) is 5.74. The third kappa shape index (κ3) is 5.57. The van der Waals surface area contributed by atoms with Gasteiger partial charge in [0, 0.05) is 32.4 Å². The Morgan fingerprint density at radius 1 is 1.12 bits per heavy atom. The van der Waals surface area contributed by atoms with Gasteiger partial charge in [-0.15, -0.1) is 0 Å². The molecule has 1 N–H and O–H groups in total. The summed E-state index contributed by atoms with van der Waals surface area (Å²) in [6.45, 7) is 3.20. The van der Waals surface area contributed by atoms with Crippen molar-refractivity contribution in [3.8, 4) is 0 Å². The molecule has 1 aromatic carbocycles. The Morgan fingerprint density at radius 3 is 2.48 bits per heavy atom. The number of nitrogens with one attached hydrogen (secondary N) is 1. The van der Waals surface area contributed by atoms with E-state index >= 15 is 0 Å². The van der Waals surface area contributed by atoms with Gasteiger partial charge in [-0.1, -0.05) is 56.0 Å².